The van der Waals surface area contributed by atoms with E-state index in [9.17, 15) is 18.0 Å². The van der Waals surface area contributed by atoms with Gasteiger partial charge in [-0.2, -0.15) is 4.31 Å². The summed E-state index contributed by atoms with van der Waals surface area (Å²) < 4.78 is 32.0. The number of benzene rings is 1. The first-order valence-electron chi connectivity index (χ1n) is 8.59. The number of hydrogen-bond acceptors (Lipinski definition) is 5. The number of morpholine rings is 1. The smallest absolute Gasteiger partial charge is 0.306 e. The number of rotatable bonds is 4. The molecule has 142 valence electrons. The number of piperidine rings is 1. The van der Waals surface area contributed by atoms with Crippen molar-refractivity contribution in [2.24, 2.45) is 5.92 Å². The summed E-state index contributed by atoms with van der Waals surface area (Å²) in [5.41, 5.74) is 0.299. The van der Waals surface area contributed by atoms with E-state index in [1.165, 1.54) is 16.4 Å². The third kappa shape index (κ3) is 3.89. The maximum absolute atomic E-state index is 12.7. The van der Waals surface area contributed by atoms with Gasteiger partial charge in [0.1, 0.15) is 0 Å². The van der Waals surface area contributed by atoms with Crippen molar-refractivity contribution in [1.82, 2.24) is 9.21 Å². The van der Waals surface area contributed by atoms with Gasteiger partial charge in [0.25, 0.3) is 5.91 Å². The molecule has 0 spiro atoms. The first kappa shape index (κ1) is 18.8. The minimum Gasteiger partial charge on any atom is -0.481 e. The van der Waals surface area contributed by atoms with Crippen LogP contribution in [0.15, 0.2) is 29.2 Å². The van der Waals surface area contributed by atoms with Crippen molar-refractivity contribution in [1.29, 1.82) is 0 Å². The molecule has 0 atom stereocenters. The van der Waals surface area contributed by atoms with Crippen LogP contribution in [0.3, 0.4) is 0 Å². The fraction of sp³-hybridized carbons (Fsp3) is 0.529. The Kier molecular flexibility index (Phi) is 5.59. The monoisotopic (exact) mass is 382 g/mol. The summed E-state index contributed by atoms with van der Waals surface area (Å²) in [6.45, 7) is 2.02. The van der Waals surface area contributed by atoms with Crippen molar-refractivity contribution in [3.8, 4) is 0 Å². The van der Waals surface area contributed by atoms with Gasteiger partial charge in [0, 0.05) is 31.7 Å². The quantitative estimate of drug-likeness (QED) is 0.820. The SMILES string of the molecule is O=C(O)C1CCN(C(=O)c2cccc(S(=O)(=O)N3CCOCC3)c2)CC1. The minimum absolute atomic E-state index is 0.0886. The third-order valence-electron chi connectivity index (χ3n) is 4.82. The van der Waals surface area contributed by atoms with Crippen LogP contribution in [-0.4, -0.2) is 74.0 Å². The molecular formula is C17H22N2O6S. The number of carboxylic acid groups (broad SMARTS) is 1. The fourth-order valence-electron chi connectivity index (χ4n) is 3.24. The Labute approximate surface area is 152 Å². The highest BCUT2D eigenvalue weighted by Crippen LogP contribution is 2.22. The lowest BCUT2D eigenvalue weighted by Gasteiger charge is -2.30. The minimum atomic E-state index is -3.66. The summed E-state index contributed by atoms with van der Waals surface area (Å²) >= 11 is 0. The van der Waals surface area contributed by atoms with Crippen LogP contribution in [0.25, 0.3) is 0 Å². The van der Waals surface area contributed by atoms with Gasteiger partial charge < -0.3 is 14.7 Å². The van der Waals surface area contributed by atoms with Crippen molar-refractivity contribution in [3.63, 3.8) is 0 Å². The fourth-order valence-corrected chi connectivity index (χ4v) is 4.69. The molecule has 2 heterocycles. The molecule has 1 aromatic carbocycles. The average Bonchev–Trinajstić information content (AvgIpc) is 2.68. The molecule has 1 N–H and O–H groups in total. The Morgan fingerprint density at radius 2 is 1.73 bits per heavy atom. The maximum Gasteiger partial charge on any atom is 0.306 e. The van der Waals surface area contributed by atoms with Gasteiger partial charge in [0.2, 0.25) is 10.0 Å². The van der Waals surface area contributed by atoms with Gasteiger partial charge in [-0.15, -0.1) is 0 Å². The number of hydrogen-bond donors (Lipinski definition) is 1. The molecule has 0 aliphatic carbocycles. The van der Waals surface area contributed by atoms with E-state index in [2.05, 4.69) is 0 Å². The average molecular weight is 382 g/mol. The van der Waals surface area contributed by atoms with Gasteiger partial charge in [-0.1, -0.05) is 6.07 Å². The Balaban J connectivity index is 1.75. The third-order valence-corrected chi connectivity index (χ3v) is 6.71. The molecule has 1 aromatic rings. The molecule has 1 amide bonds. The van der Waals surface area contributed by atoms with Crippen LogP contribution in [-0.2, 0) is 19.6 Å². The number of ether oxygens (including phenoxy) is 1. The summed E-state index contributed by atoms with van der Waals surface area (Å²) in [6.07, 6.45) is 0.819. The van der Waals surface area contributed by atoms with Gasteiger partial charge in [-0.05, 0) is 31.0 Å². The maximum atomic E-state index is 12.7. The zero-order valence-corrected chi connectivity index (χ0v) is 15.2. The number of likely N-dealkylation sites (tertiary alicyclic amines) is 1. The van der Waals surface area contributed by atoms with E-state index >= 15 is 0 Å². The van der Waals surface area contributed by atoms with Crippen molar-refractivity contribution >= 4 is 21.9 Å². The normalized spacial score (nSPS) is 20.1. The van der Waals surface area contributed by atoms with Crippen LogP contribution in [0.4, 0.5) is 0 Å². The highest BCUT2D eigenvalue weighted by molar-refractivity contribution is 7.89. The molecular weight excluding hydrogens is 360 g/mol. The van der Waals surface area contributed by atoms with Crippen molar-refractivity contribution < 1.29 is 27.9 Å². The lowest BCUT2D eigenvalue weighted by atomic mass is 9.96. The first-order valence-corrected chi connectivity index (χ1v) is 10.0. The second kappa shape index (κ2) is 7.73. The number of carbonyl (C=O) groups excluding carboxylic acids is 1. The van der Waals surface area contributed by atoms with Crippen molar-refractivity contribution in [2.75, 3.05) is 39.4 Å². The van der Waals surface area contributed by atoms with E-state index in [1.54, 1.807) is 17.0 Å². The molecule has 0 radical (unpaired) electrons. The van der Waals surface area contributed by atoms with Crippen LogP contribution < -0.4 is 0 Å². The van der Waals surface area contributed by atoms with Crippen molar-refractivity contribution in [2.45, 2.75) is 17.7 Å². The van der Waals surface area contributed by atoms with E-state index in [4.69, 9.17) is 9.84 Å². The Bertz CT molecular complexity index is 780. The van der Waals surface area contributed by atoms with Crippen LogP contribution in [0.1, 0.15) is 23.2 Å². The van der Waals surface area contributed by atoms with E-state index in [0.29, 0.717) is 57.8 Å². The summed E-state index contributed by atoms with van der Waals surface area (Å²) in [7, 11) is -3.66. The predicted molar refractivity (Wildman–Crippen MR) is 92.3 cm³/mol. The highest BCUT2D eigenvalue weighted by Gasteiger charge is 2.29. The molecule has 0 unspecified atom stereocenters. The van der Waals surface area contributed by atoms with Gasteiger partial charge in [-0.25, -0.2) is 8.42 Å². The van der Waals surface area contributed by atoms with Gasteiger partial charge in [0.05, 0.1) is 24.0 Å². The Morgan fingerprint density at radius 3 is 2.35 bits per heavy atom. The summed E-state index contributed by atoms with van der Waals surface area (Å²) in [6, 6.07) is 6.03. The molecule has 2 aliphatic rings. The molecule has 26 heavy (non-hydrogen) atoms. The molecule has 2 aliphatic heterocycles. The Hall–Kier alpha value is -1.97. The van der Waals surface area contributed by atoms with Crippen molar-refractivity contribution in [3.05, 3.63) is 29.8 Å². The van der Waals surface area contributed by atoms with E-state index in [0.717, 1.165) is 0 Å². The van der Waals surface area contributed by atoms with Crippen LogP contribution in [0.5, 0.6) is 0 Å². The first-order chi connectivity index (χ1) is 12.4. The number of sulfonamides is 1. The highest BCUT2D eigenvalue weighted by atomic mass is 32.2. The van der Waals surface area contributed by atoms with Gasteiger partial charge in [-0.3, -0.25) is 9.59 Å². The zero-order chi connectivity index (χ0) is 18.7. The number of amides is 1. The zero-order valence-electron chi connectivity index (χ0n) is 14.3. The van der Waals surface area contributed by atoms with Crippen LogP contribution in [0.2, 0.25) is 0 Å². The second-order valence-corrected chi connectivity index (χ2v) is 8.39. The number of nitrogens with zero attached hydrogens (tertiary/aromatic N) is 2. The number of carbonyl (C=O) groups is 2. The molecule has 2 saturated heterocycles. The summed E-state index contributed by atoms with van der Waals surface area (Å²) in [5, 5.41) is 9.05. The van der Waals surface area contributed by atoms with Gasteiger partial charge >= 0.3 is 5.97 Å². The second-order valence-electron chi connectivity index (χ2n) is 6.45. The summed E-state index contributed by atoms with van der Waals surface area (Å²) in [5.74, 6) is -1.53. The number of carboxylic acids is 1. The number of aliphatic carboxylic acids is 1. The molecule has 0 aromatic heterocycles. The van der Waals surface area contributed by atoms with E-state index in [1.807, 2.05) is 0 Å². The molecule has 2 fully saturated rings. The van der Waals surface area contributed by atoms with E-state index < -0.39 is 21.9 Å². The molecule has 0 bridgehead atoms. The van der Waals surface area contributed by atoms with Crippen LogP contribution >= 0.6 is 0 Å². The predicted octanol–water partition coefficient (Wildman–Crippen LogP) is 0.644. The standard InChI is InChI=1S/C17H22N2O6S/c20-16(18-6-4-13(5-7-18)17(21)22)14-2-1-3-15(12-14)26(23,24)19-8-10-25-11-9-19/h1-3,12-13H,4-11H2,(H,21,22). The molecule has 3 rings (SSSR count). The van der Waals surface area contributed by atoms with Crippen LogP contribution in [0, 0.1) is 5.92 Å². The molecule has 0 saturated carbocycles. The largest absolute Gasteiger partial charge is 0.481 e. The van der Waals surface area contributed by atoms with Gasteiger partial charge in [0.15, 0.2) is 0 Å². The van der Waals surface area contributed by atoms with E-state index in [-0.39, 0.29) is 10.8 Å². The molecule has 8 nitrogen and oxygen atoms in total. The lowest BCUT2D eigenvalue weighted by Crippen LogP contribution is -2.41. The topological polar surface area (TPSA) is 104 Å². The molecule has 9 heteroatoms. The Morgan fingerprint density at radius 1 is 1.08 bits per heavy atom. The summed E-state index contributed by atoms with van der Waals surface area (Å²) in [4.78, 5) is 25.4. The lowest BCUT2D eigenvalue weighted by molar-refractivity contribution is -0.143.